The third-order valence-electron chi connectivity index (χ3n) is 7.38. The Kier molecular flexibility index (Phi) is 8.52. The maximum Gasteiger partial charge on any atom is 0.323 e. The van der Waals surface area contributed by atoms with E-state index in [0.717, 1.165) is 25.7 Å². The van der Waals surface area contributed by atoms with Crippen molar-refractivity contribution in [3.05, 3.63) is 34.4 Å². The number of hydrogen-bond donors (Lipinski definition) is 0. The fourth-order valence-corrected chi connectivity index (χ4v) is 7.11. The number of ether oxygens (including phenoxy) is 1. The molecule has 0 radical (unpaired) electrons. The summed E-state index contributed by atoms with van der Waals surface area (Å²) < 4.78 is 33.9. The molecule has 1 aromatic carbocycles. The molecule has 1 saturated carbocycles. The van der Waals surface area contributed by atoms with E-state index in [0.29, 0.717) is 30.8 Å². The molecular weight excluding hydrogens is 482 g/mol. The van der Waals surface area contributed by atoms with Gasteiger partial charge >= 0.3 is 5.97 Å². The van der Waals surface area contributed by atoms with Crippen LogP contribution in [0.25, 0.3) is 0 Å². The van der Waals surface area contributed by atoms with Crippen molar-refractivity contribution in [1.82, 2.24) is 9.21 Å². The zero-order valence-corrected chi connectivity index (χ0v) is 23.2. The van der Waals surface area contributed by atoms with Crippen molar-refractivity contribution in [3.63, 3.8) is 0 Å². The maximum absolute atomic E-state index is 13.4. The lowest BCUT2D eigenvalue weighted by Gasteiger charge is -2.43. The highest BCUT2D eigenvalue weighted by atomic mass is 32.2. The van der Waals surface area contributed by atoms with E-state index in [2.05, 4.69) is 13.8 Å². The monoisotopic (exact) mass is 523 g/mol. The lowest BCUT2D eigenvalue weighted by molar-refractivity contribution is -0.387. The molecule has 1 aromatic rings. The summed E-state index contributed by atoms with van der Waals surface area (Å²) >= 11 is 0. The summed E-state index contributed by atoms with van der Waals surface area (Å²) in [6, 6.07) is 4.52. The molecule has 1 aliphatic carbocycles. The van der Waals surface area contributed by atoms with E-state index in [1.165, 1.54) is 28.6 Å². The van der Waals surface area contributed by atoms with E-state index in [-0.39, 0.29) is 17.4 Å². The number of nitrogens with zero attached hydrogens (tertiary/aromatic N) is 3. The first-order valence-corrected chi connectivity index (χ1v) is 14.3. The number of benzene rings is 1. The van der Waals surface area contributed by atoms with Crippen molar-refractivity contribution >= 4 is 21.7 Å². The van der Waals surface area contributed by atoms with Gasteiger partial charge in [0.1, 0.15) is 11.6 Å². The highest BCUT2D eigenvalue weighted by molar-refractivity contribution is 7.89. The molecule has 0 amide bonds. The van der Waals surface area contributed by atoms with Crippen LogP contribution in [0, 0.1) is 21.4 Å². The number of para-hydroxylation sites is 1. The van der Waals surface area contributed by atoms with Crippen molar-refractivity contribution < 1.29 is 22.9 Å². The van der Waals surface area contributed by atoms with Crippen molar-refractivity contribution in [2.75, 3.05) is 19.6 Å². The molecule has 2 aliphatic rings. The van der Waals surface area contributed by atoms with E-state index in [1.54, 1.807) is 6.92 Å². The van der Waals surface area contributed by atoms with E-state index in [1.807, 2.05) is 25.7 Å². The van der Waals surface area contributed by atoms with E-state index >= 15 is 0 Å². The molecule has 10 heteroatoms. The predicted octanol–water partition coefficient (Wildman–Crippen LogP) is 4.61. The van der Waals surface area contributed by atoms with Crippen molar-refractivity contribution in [2.24, 2.45) is 11.3 Å². The SMILES string of the molecule is C[C@H]1CN([C@@H](CC2CCC(C)(C)CC2)C(=O)OC(C)(C)C)CCN1S(=O)(=O)c1ccccc1[N+](=O)[O-]. The summed E-state index contributed by atoms with van der Waals surface area (Å²) in [4.78, 5) is 25.8. The third-order valence-corrected chi connectivity index (χ3v) is 9.44. The van der Waals surface area contributed by atoms with Crippen LogP contribution in [-0.4, -0.2) is 65.8 Å². The van der Waals surface area contributed by atoms with Gasteiger partial charge < -0.3 is 4.74 Å². The molecule has 2 fully saturated rings. The van der Waals surface area contributed by atoms with Crippen LogP contribution in [0.1, 0.15) is 73.6 Å². The van der Waals surface area contributed by atoms with Gasteiger partial charge in [-0.15, -0.1) is 0 Å². The second-order valence-electron chi connectivity index (χ2n) is 12.1. The predicted molar refractivity (Wildman–Crippen MR) is 138 cm³/mol. The maximum atomic E-state index is 13.4. The molecule has 0 N–H and O–H groups in total. The molecule has 1 heterocycles. The fraction of sp³-hybridized carbons (Fsp3) is 0.731. The second kappa shape index (κ2) is 10.8. The lowest BCUT2D eigenvalue weighted by atomic mass is 9.71. The molecule has 3 rings (SSSR count). The summed E-state index contributed by atoms with van der Waals surface area (Å²) in [7, 11) is -4.08. The van der Waals surface area contributed by atoms with Gasteiger partial charge in [-0.25, -0.2) is 8.42 Å². The summed E-state index contributed by atoms with van der Waals surface area (Å²) in [5.41, 5.74) is -0.724. The molecule has 0 unspecified atom stereocenters. The summed E-state index contributed by atoms with van der Waals surface area (Å²) in [6.07, 6.45) is 5.06. The van der Waals surface area contributed by atoms with Crippen LogP contribution in [0.2, 0.25) is 0 Å². The minimum Gasteiger partial charge on any atom is -0.459 e. The van der Waals surface area contributed by atoms with Gasteiger partial charge in [0, 0.05) is 31.7 Å². The van der Waals surface area contributed by atoms with Gasteiger partial charge in [-0.2, -0.15) is 4.31 Å². The number of carbonyl (C=O) groups excluding carboxylic acids is 1. The zero-order valence-electron chi connectivity index (χ0n) is 22.4. The minimum atomic E-state index is -4.08. The third kappa shape index (κ3) is 6.83. The van der Waals surface area contributed by atoms with Crippen molar-refractivity contribution in [3.8, 4) is 0 Å². The number of nitro benzene ring substituents is 1. The lowest BCUT2D eigenvalue weighted by Crippen LogP contribution is -2.58. The van der Waals surface area contributed by atoms with E-state index < -0.39 is 38.3 Å². The largest absolute Gasteiger partial charge is 0.459 e. The smallest absolute Gasteiger partial charge is 0.323 e. The molecule has 0 bridgehead atoms. The highest BCUT2D eigenvalue weighted by Crippen LogP contribution is 2.40. The minimum absolute atomic E-state index is 0.145. The summed E-state index contributed by atoms with van der Waals surface area (Å²) in [6.45, 7) is 12.8. The van der Waals surface area contributed by atoms with Crippen LogP contribution >= 0.6 is 0 Å². The molecular formula is C26H41N3O6S. The van der Waals surface area contributed by atoms with E-state index in [9.17, 15) is 23.3 Å². The van der Waals surface area contributed by atoms with Crippen LogP contribution in [-0.2, 0) is 19.6 Å². The number of piperazine rings is 1. The molecule has 2 atom stereocenters. The van der Waals surface area contributed by atoms with Gasteiger partial charge in [0.2, 0.25) is 10.0 Å². The van der Waals surface area contributed by atoms with Gasteiger partial charge in [0.25, 0.3) is 5.69 Å². The van der Waals surface area contributed by atoms with Crippen molar-refractivity contribution in [2.45, 2.75) is 96.2 Å². The normalized spacial score (nSPS) is 23.2. The van der Waals surface area contributed by atoms with Crippen LogP contribution in [0.5, 0.6) is 0 Å². The number of nitro groups is 1. The first-order valence-electron chi connectivity index (χ1n) is 12.8. The standard InChI is InChI=1S/C26H41N3O6S/c1-19-18-27(15-16-28(19)36(33,34)23-10-8-7-9-21(23)29(31)32)22(24(30)35-25(2,3)4)17-20-11-13-26(5,6)14-12-20/h7-10,19-20,22H,11-18H2,1-6H3/t19-,22-/m0/s1. The molecule has 0 aromatic heterocycles. The molecule has 202 valence electrons. The second-order valence-corrected chi connectivity index (χ2v) is 13.9. The quantitative estimate of drug-likeness (QED) is 0.292. The first-order chi connectivity index (χ1) is 16.6. The van der Waals surface area contributed by atoms with Crippen molar-refractivity contribution in [1.29, 1.82) is 0 Å². The number of sulfonamides is 1. The molecule has 1 aliphatic heterocycles. The average molecular weight is 524 g/mol. The van der Waals surface area contributed by atoms with Gasteiger partial charge in [0.05, 0.1) is 4.92 Å². The molecule has 0 spiro atoms. The highest BCUT2D eigenvalue weighted by Gasteiger charge is 2.42. The van der Waals surface area contributed by atoms with Crippen LogP contribution < -0.4 is 0 Å². The molecule has 1 saturated heterocycles. The number of carbonyl (C=O) groups is 1. The Morgan fingerprint density at radius 3 is 2.36 bits per heavy atom. The Balaban J connectivity index is 1.79. The Labute approximate surface area is 215 Å². The number of rotatable bonds is 7. The Bertz CT molecular complexity index is 1060. The summed E-state index contributed by atoms with van der Waals surface area (Å²) in [5.74, 6) is 0.147. The fourth-order valence-electron chi connectivity index (χ4n) is 5.34. The molecule has 9 nitrogen and oxygen atoms in total. The van der Waals surface area contributed by atoms with Gasteiger partial charge in [-0.3, -0.25) is 19.8 Å². The number of hydrogen-bond acceptors (Lipinski definition) is 7. The Morgan fingerprint density at radius 1 is 1.19 bits per heavy atom. The van der Waals surface area contributed by atoms with Crippen LogP contribution in [0.3, 0.4) is 0 Å². The van der Waals surface area contributed by atoms with E-state index in [4.69, 9.17) is 4.74 Å². The Morgan fingerprint density at radius 2 is 1.81 bits per heavy atom. The first kappa shape index (κ1) is 28.5. The molecule has 36 heavy (non-hydrogen) atoms. The summed E-state index contributed by atoms with van der Waals surface area (Å²) in [5, 5.41) is 11.5. The average Bonchev–Trinajstić information content (AvgIpc) is 2.76. The topological polar surface area (TPSA) is 110 Å². The number of esters is 1. The van der Waals surface area contributed by atoms with Gasteiger partial charge in [-0.1, -0.05) is 26.0 Å². The Hall–Kier alpha value is -2.04. The van der Waals surface area contributed by atoms with Crippen LogP contribution in [0.15, 0.2) is 29.2 Å². The zero-order chi connectivity index (χ0) is 26.9. The van der Waals surface area contributed by atoms with Gasteiger partial charge in [0.15, 0.2) is 4.90 Å². The van der Waals surface area contributed by atoms with Gasteiger partial charge in [-0.05, 0) is 77.2 Å². The van der Waals surface area contributed by atoms with Crippen LogP contribution in [0.4, 0.5) is 5.69 Å².